The molecular weight excluding hydrogens is 785 g/mol. The number of rotatable bonds is 2. The predicted octanol–water partition coefficient (Wildman–Crippen LogP) is 14.2. The van der Waals surface area contributed by atoms with E-state index in [1.165, 1.54) is 33.1 Å². The van der Waals surface area contributed by atoms with Crippen molar-refractivity contribution in [3.05, 3.63) is 157 Å². The summed E-state index contributed by atoms with van der Waals surface area (Å²) < 4.78 is 22.5. The highest BCUT2D eigenvalue weighted by Gasteiger charge is 2.45. The molecule has 8 aromatic carbocycles. The average Bonchev–Trinajstić information content (AvgIpc) is 4.06. The zero-order chi connectivity index (χ0) is 43.0. The van der Waals surface area contributed by atoms with Crippen LogP contribution in [0.15, 0.2) is 159 Å². The summed E-state index contributed by atoms with van der Waals surface area (Å²) in [5.41, 5.74) is 19.0. The van der Waals surface area contributed by atoms with E-state index in [2.05, 4.69) is 172 Å². The Balaban J connectivity index is 1.13. The average molecular weight is 828 g/mol. The first-order chi connectivity index (χ1) is 31.0. The standard InChI is InChI=1S/C57H42BN3O3/c1-56(2,3)32-16-19-34(20-17-32)61-46-26-42-36-21-18-33(57(4,5)6)24-49(36)63-51(42)27-39(46)37-22-23-38-40-28-50-41(35-14-10-11-15-48(35)62-50)25-45(40)60-47-30-52-44(29-43(47)58(61)53(37)54(38)60)59-55(64-52)31-12-8-7-9-13-31/h7-30H,1-6H3. The van der Waals surface area contributed by atoms with Crippen LogP contribution in [0.2, 0.25) is 0 Å². The van der Waals surface area contributed by atoms with Crippen molar-refractivity contribution in [2.75, 3.05) is 4.81 Å². The Kier molecular flexibility index (Phi) is 6.84. The molecule has 0 saturated heterocycles. The van der Waals surface area contributed by atoms with Crippen molar-refractivity contribution in [1.82, 2.24) is 9.55 Å². The van der Waals surface area contributed by atoms with Crippen LogP contribution in [0.1, 0.15) is 52.7 Å². The Hall–Kier alpha value is -7.51. The Morgan fingerprint density at radius 3 is 1.98 bits per heavy atom. The van der Waals surface area contributed by atoms with Gasteiger partial charge in [0, 0.05) is 66.6 Å². The van der Waals surface area contributed by atoms with E-state index in [1.807, 2.05) is 24.3 Å². The number of furan rings is 2. The molecule has 0 amide bonds. The maximum atomic E-state index is 6.82. The molecular formula is C57H42BN3O3. The zero-order valence-electron chi connectivity index (χ0n) is 36.5. The van der Waals surface area contributed by atoms with Gasteiger partial charge in [-0.3, -0.25) is 0 Å². The summed E-state index contributed by atoms with van der Waals surface area (Å²) in [5, 5.41) is 6.76. The minimum absolute atomic E-state index is 0.00276. The maximum Gasteiger partial charge on any atom is 0.333 e. The fourth-order valence-electron chi connectivity index (χ4n) is 10.9. The highest BCUT2D eigenvalue weighted by molar-refractivity contribution is 6.94. The summed E-state index contributed by atoms with van der Waals surface area (Å²) in [7, 11) is 0. The Labute approximate surface area is 369 Å². The van der Waals surface area contributed by atoms with Crippen molar-refractivity contribution in [2.45, 2.75) is 52.4 Å². The van der Waals surface area contributed by atoms with Crippen LogP contribution in [0.25, 0.3) is 105 Å². The molecule has 6 nitrogen and oxygen atoms in total. The first-order valence-corrected chi connectivity index (χ1v) is 22.3. The second-order valence-electron chi connectivity index (χ2n) is 20.0. The number of benzene rings is 8. The molecule has 0 spiro atoms. The van der Waals surface area contributed by atoms with Gasteiger partial charge in [-0.25, -0.2) is 4.98 Å². The minimum Gasteiger partial charge on any atom is -0.456 e. The lowest BCUT2D eigenvalue weighted by Gasteiger charge is -2.42. The van der Waals surface area contributed by atoms with Crippen LogP contribution in [-0.2, 0) is 10.8 Å². The number of aromatic nitrogens is 2. The number of hydrogen-bond donors (Lipinski definition) is 0. The summed E-state index contributed by atoms with van der Waals surface area (Å²) >= 11 is 0. The van der Waals surface area contributed by atoms with Crippen molar-refractivity contribution >= 4 is 106 Å². The molecule has 4 aromatic heterocycles. The first-order valence-electron chi connectivity index (χ1n) is 22.3. The van der Waals surface area contributed by atoms with E-state index in [1.54, 1.807) is 0 Å². The fraction of sp³-hybridized carbons (Fsp3) is 0.140. The van der Waals surface area contributed by atoms with Gasteiger partial charge >= 0.3 is 6.85 Å². The number of para-hydroxylation sites is 1. The molecule has 0 fully saturated rings. The topological polar surface area (TPSA) is 60.5 Å². The van der Waals surface area contributed by atoms with Crippen molar-refractivity contribution in [2.24, 2.45) is 0 Å². The molecule has 12 aromatic rings. The molecule has 0 saturated carbocycles. The van der Waals surface area contributed by atoms with E-state index in [0.717, 1.165) is 99.5 Å². The number of hydrogen-bond acceptors (Lipinski definition) is 5. The van der Waals surface area contributed by atoms with Crippen LogP contribution in [0.4, 0.5) is 11.4 Å². The largest absolute Gasteiger partial charge is 0.456 e. The van der Waals surface area contributed by atoms with Crippen LogP contribution < -0.4 is 15.7 Å². The van der Waals surface area contributed by atoms with E-state index in [-0.39, 0.29) is 17.7 Å². The second kappa shape index (κ2) is 12.1. The third-order valence-electron chi connectivity index (χ3n) is 14.1. The van der Waals surface area contributed by atoms with E-state index in [9.17, 15) is 0 Å². The van der Waals surface area contributed by atoms with Gasteiger partial charge in [0.1, 0.15) is 27.8 Å². The van der Waals surface area contributed by atoms with Crippen molar-refractivity contribution < 1.29 is 13.3 Å². The van der Waals surface area contributed by atoms with E-state index in [0.29, 0.717) is 5.89 Å². The van der Waals surface area contributed by atoms with Crippen LogP contribution >= 0.6 is 0 Å². The maximum absolute atomic E-state index is 6.82. The van der Waals surface area contributed by atoms with Gasteiger partial charge in [0.05, 0.1) is 11.0 Å². The molecule has 306 valence electrons. The van der Waals surface area contributed by atoms with Gasteiger partial charge in [-0.05, 0) is 105 Å². The molecule has 0 aliphatic carbocycles. The van der Waals surface area contributed by atoms with Crippen LogP contribution in [0.5, 0.6) is 0 Å². The van der Waals surface area contributed by atoms with Crippen molar-refractivity contribution in [1.29, 1.82) is 0 Å². The van der Waals surface area contributed by atoms with Gasteiger partial charge in [-0.1, -0.05) is 114 Å². The molecule has 64 heavy (non-hydrogen) atoms. The number of anilines is 2. The van der Waals surface area contributed by atoms with Gasteiger partial charge in [0.2, 0.25) is 5.89 Å². The van der Waals surface area contributed by atoms with E-state index >= 15 is 0 Å². The minimum atomic E-state index is -0.202. The van der Waals surface area contributed by atoms with Gasteiger partial charge in [-0.15, -0.1) is 0 Å². The third kappa shape index (κ3) is 4.84. The first kappa shape index (κ1) is 36.0. The summed E-state index contributed by atoms with van der Waals surface area (Å²) in [5.74, 6) is 0.609. The van der Waals surface area contributed by atoms with E-state index in [4.69, 9.17) is 18.2 Å². The number of nitrogens with zero attached hydrogens (tertiary/aromatic N) is 3. The summed E-state index contributed by atoms with van der Waals surface area (Å²) in [6, 6.07) is 52.9. The lowest BCUT2D eigenvalue weighted by Crippen LogP contribution is -2.60. The number of oxazole rings is 1. The molecule has 0 atom stereocenters. The van der Waals surface area contributed by atoms with E-state index < -0.39 is 0 Å². The highest BCUT2D eigenvalue weighted by atomic mass is 16.3. The molecule has 7 heteroatoms. The molecule has 0 radical (unpaired) electrons. The van der Waals surface area contributed by atoms with Gasteiger partial charge in [0.25, 0.3) is 0 Å². The second-order valence-corrected chi connectivity index (χ2v) is 20.0. The SMILES string of the molecule is CC(C)(C)c1ccc(N2B3c4cc5nc(-c6ccccc6)oc5cc4-n4c5cc6c(cc5c5ccc(c3c54)-c3cc4oc5cc(C(C)(C)C)ccc5c4cc32)oc2ccccc26)cc1. The summed E-state index contributed by atoms with van der Waals surface area (Å²) in [6.45, 7) is 13.4. The van der Waals surface area contributed by atoms with Gasteiger partial charge < -0.3 is 22.6 Å². The molecule has 0 N–H and O–H groups in total. The van der Waals surface area contributed by atoms with Crippen LogP contribution in [0.3, 0.4) is 0 Å². The molecule has 2 aliphatic rings. The quantitative estimate of drug-likeness (QED) is 0.162. The summed E-state index contributed by atoms with van der Waals surface area (Å²) in [4.78, 5) is 7.76. The third-order valence-corrected chi connectivity index (χ3v) is 14.1. The molecule has 6 heterocycles. The summed E-state index contributed by atoms with van der Waals surface area (Å²) in [6.07, 6.45) is 0. The molecule has 0 unspecified atom stereocenters. The van der Waals surface area contributed by atoms with Crippen molar-refractivity contribution in [3.8, 4) is 28.3 Å². The zero-order valence-corrected chi connectivity index (χ0v) is 36.5. The van der Waals surface area contributed by atoms with Crippen LogP contribution in [-0.4, -0.2) is 16.4 Å². The Morgan fingerprint density at radius 2 is 1.17 bits per heavy atom. The smallest absolute Gasteiger partial charge is 0.333 e. The fourth-order valence-corrected chi connectivity index (χ4v) is 10.9. The lowest BCUT2D eigenvalue weighted by atomic mass is 9.44. The monoisotopic (exact) mass is 827 g/mol. The Bertz CT molecular complexity index is 3980. The van der Waals surface area contributed by atoms with Crippen molar-refractivity contribution in [3.63, 3.8) is 0 Å². The normalized spacial score (nSPS) is 13.7. The predicted molar refractivity (Wildman–Crippen MR) is 265 cm³/mol. The molecule has 0 bridgehead atoms. The molecule has 2 aliphatic heterocycles. The van der Waals surface area contributed by atoms with Gasteiger partial charge in [-0.2, -0.15) is 0 Å². The number of fused-ring (bicyclic) bond motifs is 15. The lowest BCUT2D eigenvalue weighted by molar-refractivity contribution is 0.587. The Morgan fingerprint density at radius 1 is 0.484 bits per heavy atom. The van der Waals surface area contributed by atoms with Gasteiger partial charge in [0.15, 0.2) is 5.58 Å². The van der Waals surface area contributed by atoms with Crippen LogP contribution in [0, 0.1) is 0 Å². The molecule has 14 rings (SSSR count). The highest BCUT2D eigenvalue weighted by Crippen LogP contribution is 2.49.